The lowest BCUT2D eigenvalue weighted by Crippen LogP contribution is -2.63. The van der Waals surface area contributed by atoms with Gasteiger partial charge >= 0.3 is 18.4 Å². The Labute approximate surface area is 245 Å². The molecule has 2 saturated heterocycles. The average molecular weight is 621 g/mol. The van der Waals surface area contributed by atoms with E-state index in [-0.39, 0.29) is 55.0 Å². The number of hydrogen-bond donors (Lipinski definition) is 1. The van der Waals surface area contributed by atoms with Crippen molar-refractivity contribution in [1.29, 1.82) is 0 Å². The lowest BCUT2D eigenvalue weighted by Gasteiger charge is -2.51. The number of piperidine rings is 1. The number of fused-ring (bicyclic) bond motifs is 1. The summed E-state index contributed by atoms with van der Waals surface area (Å²) in [4.78, 5) is 20.6. The highest BCUT2D eigenvalue weighted by Gasteiger charge is 2.51. The maximum atomic E-state index is 14.3. The first kappa shape index (κ1) is 31.7. The van der Waals surface area contributed by atoms with Crippen LogP contribution in [0.3, 0.4) is 0 Å². The highest BCUT2D eigenvalue weighted by Crippen LogP contribution is 2.45. The van der Waals surface area contributed by atoms with Crippen LogP contribution in [-0.2, 0) is 10.9 Å². The quantitative estimate of drug-likeness (QED) is 0.403. The number of likely N-dealkylation sites (tertiary alicyclic amines) is 2. The lowest BCUT2D eigenvalue weighted by molar-refractivity contribution is -0.216. The third-order valence-electron chi connectivity index (χ3n) is 8.65. The van der Waals surface area contributed by atoms with Gasteiger partial charge in [0.15, 0.2) is 0 Å². The fourth-order valence-corrected chi connectivity index (χ4v) is 6.57. The predicted octanol–water partition coefficient (Wildman–Crippen LogP) is 6.17. The highest BCUT2D eigenvalue weighted by molar-refractivity contribution is 5.82. The van der Waals surface area contributed by atoms with E-state index in [0.29, 0.717) is 19.3 Å². The number of aromatic nitrogens is 2. The summed E-state index contributed by atoms with van der Waals surface area (Å²) in [7, 11) is 0. The van der Waals surface area contributed by atoms with E-state index in [1.807, 2.05) is 0 Å². The third-order valence-corrected chi connectivity index (χ3v) is 8.65. The fourth-order valence-electron chi connectivity index (χ4n) is 6.57. The van der Waals surface area contributed by atoms with Crippen LogP contribution in [0, 0.1) is 5.92 Å². The molecule has 5 rings (SSSR count). The van der Waals surface area contributed by atoms with Crippen molar-refractivity contribution >= 4 is 17.1 Å². The number of amides is 1. The summed E-state index contributed by atoms with van der Waals surface area (Å²) in [5.74, 6) is -1.49. The molecule has 3 heterocycles. The zero-order valence-corrected chi connectivity index (χ0v) is 24.8. The molecule has 14 heteroatoms. The minimum absolute atomic E-state index is 0.0778. The first-order chi connectivity index (χ1) is 19.7. The summed E-state index contributed by atoms with van der Waals surface area (Å²) in [5.41, 5.74) is -2.70. The number of aliphatic hydroxyl groups is 1. The summed E-state index contributed by atoms with van der Waals surface area (Å²) >= 11 is 0. The van der Waals surface area contributed by atoms with Gasteiger partial charge < -0.3 is 19.1 Å². The monoisotopic (exact) mass is 620 g/mol. The van der Waals surface area contributed by atoms with Crippen LogP contribution >= 0.6 is 0 Å². The van der Waals surface area contributed by atoms with Gasteiger partial charge in [-0.2, -0.15) is 26.3 Å². The molecule has 240 valence electrons. The molecule has 1 N–H and O–H groups in total. The molecule has 0 spiro atoms. The number of alkyl halides is 6. The Balaban J connectivity index is 1.38. The number of halogens is 6. The molecule has 3 atom stereocenters. The van der Waals surface area contributed by atoms with Crippen LogP contribution in [0.25, 0.3) is 11.0 Å². The van der Waals surface area contributed by atoms with Crippen molar-refractivity contribution in [2.45, 2.75) is 108 Å². The van der Waals surface area contributed by atoms with Crippen LogP contribution in [0.2, 0.25) is 0 Å². The molecule has 1 aromatic heterocycles. The number of hydrogen-bond acceptors (Lipinski definition) is 6. The Morgan fingerprint density at radius 3 is 2.28 bits per heavy atom. The van der Waals surface area contributed by atoms with E-state index >= 15 is 0 Å². The molecule has 3 fully saturated rings. The second kappa shape index (κ2) is 10.7. The lowest BCUT2D eigenvalue weighted by atomic mass is 9.77. The Morgan fingerprint density at radius 1 is 1.07 bits per heavy atom. The number of ether oxygens (including phenoxy) is 2. The number of carbonyl (C=O) groups excluding carboxylic acids is 1. The molecule has 1 saturated carbocycles. The first-order valence-electron chi connectivity index (χ1n) is 14.5. The number of imidazole rings is 1. The van der Waals surface area contributed by atoms with Gasteiger partial charge in [0, 0.05) is 37.3 Å². The van der Waals surface area contributed by atoms with Crippen LogP contribution < -0.4 is 4.74 Å². The van der Waals surface area contributed by atoms with Gasteiger partial charge in [0.25, 0.3) is 0 Å². The van der Waals surface area contributed by atoms with Crippen LogP contribution in [-0.4, -0.2) is 85.8 Å². The smallest absolute Gasteiger partial charge is 0.418 e. The molecule has 0 unspecified atom stereocenters. The van der Waals surface area contributed by atoms with E-state index in [1.54, 1.807) is 39.5 Å². The average Bonchev–Trinajstić information content (AvgIpc) is 3.20. The zero-order chi connectivity index (χ0) is 31.7. The second-order valence-electron chi connectivity index (χ2n) is 13.6. The Kier molecular flexibility index (Phi) is 7.89. The first-order valence-corrected chi connectivity index (χ1v) is 14.5. The molecule has 0 radical (unpaired) electrons. The largest absolute Gasteiger partial charge is 0.491 e. The molecular formula is C29H38F6N4O4. The number of rotatable bonds is 5. The fraction of sp³-hybridized carbons (Fsp3) is 0.724. The van der Waals surface area contributed by atoms with E-state index in [0.717, 1.165) is 6.07 Å². The SMILES string of the molecule is C[C@H]1C[C@@H](N2CC(C(F)(F)F)C2)C[C@@H](COc2cc(C(F)(F)F)c3c(c2)ncn3C2CC(C)(O)C2)N1C(=O)OC(C)(C)C. The summed E-state index contributed by atoms with van der Waals surface area (Å²) in [5, 5.41) is 10.1. The van der Waals surface area contributed by atoms with Crippen molar-refractivity contribution in [1.82, 2.24) is 19.4 Å². The molecule has 43 heavy (non-hydrogen) atoms. The maximum Gasteiger partial charge on any atom is 0.418 e. The topological polar surface area (TPSA) is 80.1 Å². The van der Waals surface area contributed by atoms with Crippen molar-refractivity contribution in [3.63, 3.8) is 0 Å². The third kappa shape index (κ3) is 6.69. The van der Waals surface area contributed by atoms with Gasteiger partial charge in [0.2, 0.25) is 0 Å². The summed E-state index contributed by atoms with van der Waals surface area (Å²) in [6.07, 6.45) is -6.98. The van der Waals surface area contributed by atoms with Crippen LogP contribution in [0.5, 0.6) is 5.75 Å². The zero-order valence-electron chi connectivity index (χ0n) is 24.8. The van der Waals surface area contributed by atoms with Crippen molar-refractivity contribution in [3.05, 3.63) is 24.0 Å². The van der Waals surface area contributed by atoms with Crippen molar-refractivity contribution in [3.8, 4) is 5.75 Å². The van der Waals surface area contributed by atoms with E-state index < -0.39 is 53.2 Å². The highest BCUT2D eigenvalue weighted by atomic mass is 19.4. The van der Waals surface area contributed by atoms with Crippen molar-refractivity contribution in [2.24, 2.45) is 5.92 Å². The van der Waals surface area contributed by atoms with Gasteiger partial charge in [0.1, 0.15) is 18.0 Å². The molecule has 2 aromatic rings. The minimum Gasteiger partial charge on any atom is -0.491 e. The molecule has 8 nitrogen and oxygen atoms in total. The van der Waals surface area contributed by atoms with Crippen LogP contribution in [0.4, 0.5) is 31.1 Å². The number of nitrogens with zero attached hydrogens (tertiary/aromatic N) is 4. The predicted molar refractivity (Wildman–Crippen MR) is 145 cm³/mol. The second-order valence-corrected chi connectivity index (χ2v) is 13.6. The normalized spacial score (nSPS) is 29.3. The Bertz CT molecular complexity index is 1340. The van der Waals surface area contributed by atoms with Gasteiger partial charge in [-0.1, -0.05) is 0 Å². The number of carbonyl (C=O) groups is 1. The van der Waals surface area contributed by atoms with Gasteiger partial charge in [-0.3, -0.25) is 9.80 Å². The molecular weight excluding hydrogens is 582 g/mol. The summed E-state index contributed by atoms with van der Waals surface area (Å²) in [6, 6.07) is 0.660. The molecule has 1 amide bonds. The maximum absolute atomic E-state index is 14.3. The van der Waals surface area contributed by atoms with Crippen molar-refractivity contribution < 1.29 is 45.7 Å². The molecule has 1 aliphatic carbocycles. The Morgan fingerprint density at radius 2 is 1.72 bits per heavy atom. The van der Waals surface area contributed by atoms with Gasteiger partial charge in [-0.05, 0) is 66.4 Å². The number of benzene rings is 1. The molecule has 1 aromatic carbocycles. The van der Waals surface area contributed by atoms with Gasteiger partial charge in [0.05, 0.1) is 40.5 Å². The van der Waals surface area contributed by atoms with E-state index in [1.165, 1.54) is 21.9 Å². The van der Waals surface area contributed by atoms with Crippen LogP contribution in [0.15, 0.2) is 18.5 Å². The van der Waals surface area contributed by atoms with E-state index in [2.05, 4.69) is 4.98 Å². The minimum atomic E-state index is -4.72. The van der Waals surface area contributed by atoms with E-state index in [9.17, 15) is 36.2 Å². The van der Waals surface area contributed by atoms with Gasteiger partial charge in [-0.25, -0.2) is 9.78 Å². The molecule has 2 aliphatic heterocycles. The van der Waals surface area contributed by atoms with Gasteiger partial charge in [-0.15, -0.1) is 0 Å². The summed E-state index contributed by atoms with van der Waals surface area (Å²) in [6.45, 7) is 8.09. The van der Waals surface area contributed by atoms with Crippen molar-refractivity contribution in [2.75, 3.05) is 19.7 Å². The summed E-state index contributed by atoms with van der Waals surface area (Å²) < 4.78 is 95.2. The molecule has 0 bridgehead atoms. The van der Waals surface area contributed by atoms with Crippen LogP contribution in [0.1, 0.15) is 71.9 Å². The Hall–Kier alpha value is -2.74. The standard InChI is InChI=1S/C29H38F6N4O4/c1-16-6-18(37-12-17(13-37)28(30,31)32)7-19(39(16)25(40)43-26(2,3)4)14-42-21-8-22(29(33,34)35)24-23(9-21)36-15-38(24)20-10-27(5,41)11-20/h8-9,15-20,41H,6-7,10-14H2,1-5H3/t16-,18+,19-,20?,27?/m0/s1. The van der Waals surface area contributed by atoms with E-state index in [4.69, 9.17) is 9.47 Å². The molecule has 3 aliphatic rings.